The third-order valence-corrected chi connectivity index (χ3v) is 6.44. The van der Waals surface area contributed by atoms with Crippen LogP contribution in [0.3, 0.4) is 0 Å². The van der Waals surface area contributed by atoms with Gasteiger partial charge in [0.2, 0.25) is 17.7 Å². The van der Waals surface area contributed by atoms with Crippen LogP contribution in [0, 0.1) is 11.8 Å². The van der Waals surface area contributed by atoms with Crippen molar-refractivity contribution in [2.45, 2.75) is 44.6 Å². The Kier molecular flexibility index (Phi) is 4.14. The summed E-state index contributed by atoms with van der Waals surface area (Å²) in [6.07, 6.45) is 7.05. The average Bonchev–Trinajstić information content (AvgIpc) is 3.42. The normalized spacial score (nSPS) is 27.6. The molecule has 0 aromatic carbocycles. The molecule has 8 nitrogen and oxygen atoms in total. The second-order valence-corrected chi connectivity index (χ2v) is 7.99. The van der Waals surface area contributed by atoms with Crippen molar-refractivity contribution in [2.24, 2.45) is 11.8 Å². The number of likely N-dealkylation sites (tertiary alicyclic amines) is 2. The lowest BCUT2D eigenvalue weighted by Gasteiger charge is -2.25. The number of imide groups is 1. The van der Waals surface area contributed by atoms with E-state index in [2.05, 4.69) is 10.2 Å². The van der Waals surface area contributed by atoms with Crippen LogP contribution in [-0.4, -0.2) is 55.2 Å². The van der Waals surface area contributed by atoms with E-state index in [-0.39, 0.29) is 42.1 Å². The van der Waals surface area contributed by atoms with Gasteiger partial charge in [-0.2, -0.15) is 0 Å². The maximum absolute atomic E-state index is 13.1. The maximum Gasteiger partial charge on any atom is 0.243 e. The quantitative estimate of drug-likeness (QED) is 0.753. The Balaban J connectivity index is 1.36. The van der Waals surface area contributed by atoms with Crippen molar-refractivity contribution in [1.29, 1.82) is 0 Å². The van der Waals surface area contributed by atoms with Gasteiger partial charge in [0.1, 0.15) is 6.54 Å². The van der Waals surface area contributed by atoms with Crippen molar-refractivity contribution >= 4 is 23.4 Å². The number of amides is 3. The summed E-state index contributed by atoms with van der Waals surface area (Å²) in [6, 6.07) is 5.50. The first-order chi connectivity index (χ1) is 13.6. The van der Waals surface area contributed by atoms with E-state index in [1.807, 2.05) is 28.8 Å². The number of hydrogen-bond acceptors (Lipinski definition) is 5. The Morgan fingerprint density at radius 3 is 2.50 bits per heavy atom. The van der Waals surface area contributed by atoms with Crippen LogP contribution in [0.25, 0.3) is 5.65 Å². The molecule has 0 N–H and O–H groups in total. The predicted molar refractivity (Wildman–Crippen MR) is 98.8 cm³/mol. The van der Waals surface area contributed by atoms with Gasteiger partial charge in [0, 0.05) is 12.7 Å². The molecule has 1 saturated carbocycles. The molecule has 8 heteroatoms. The van der Waals surface area contributed by atoms with Gasteiger partial charge in [0.15, 0.2) is 11.5 Å². The van der Waals surface area contributed by atoms with Gasteiger partial charge in [-0.1, -0.05) is 18.9 Å². The van der Waals surface area contributed by atoms with E-state index in [1.165, 1.54) is 4.90 Å². The Morgan fingerprint density at radius 1 is 1.00 bits per heavy atom. The highest BCUT2D eigenvalue weighted by molar-refractivity contribution is 6.07. The fraction of sp³-hybridized carbons (Fsp3) is 0.550. The minimum atomic E-state index is -0.219. The average molecular weight is 381 g/mol. The lowest BCUT2D eigenvalue weighted by atomic mass is 9.81. The molecule has 4 heterocycles. The summed E-state index contributed by atoms with van der Waals surface area (Å²) in [5, 5.41) is 8.49. The van der Waals surface area contributed by atoms with Gasteiger partial charge < -0.3 is 4.90 Å². The number of hydrogen-bond donors (Lipinski definition) is 0. The zero-order chi connectivity index (χ0) is 19.3. The van der Waals surface area contributed by atoms with Gasteiger partial charge in [-0.05, 0) is 37.8 Å². The van der Waals surface area contributed by atoms with Crippen molar-refractivity contribution in [3.63, 3.8) is 0 Å². The highest BCUT2D eigenvalue weighted by atomic mass is 16.2. The summed E-state index contributed by atoms with van der Waals surface area (Å²) >= 11 is 0. The molecule has 3 fully saturated rings. The molecule has 2 saturated heterocycles. The summed E-state index contributed by atoms with van der Waals surface area (Å²) in [6.45, 7) is 0.451. The molecule has 3 aliphatic rings. The van der Waals surface area contributed by atoms with Crippen LogP contribution in [0.5, 0.6) is 0 Å². The number of fused-ring (bicyclic) bond motifs is 2. The van der Waals surface area contributed by atoms with E-state index in [1.54, 1.807) is 4.90 Å². The van der Waals surface area contributed by atoms with Gasteiger partial charge >= 0.3 is 0 Å². The number of carbonyl (C=O) groups is 3. The molecule has 0 bridgehead atoms. The van der Waals surface area contributed by atoms with E-state index < -0.39 is 0 Å². The third-order valence-electron chi connectivity index (χ3n) is 6.44. The molecule has 28 heavy (non-hydrogen) atoms. The summed E-state index contributed by atoms with van der Waals surface area (Å²) in [4.78, 5) is 41.4. The number of nitrogens with zero attached hydrogens (tertiary/aromatic N) is 5. The molecular weight excluding hydrogens is 358 g/mol. The molecule has 3 atom stereocenters. The molecule has 0 spiro atoms. The summed E-state index contributed by atoms with van der Waals surface area (Å²) in [5.41, 5.74) is 0.741. The molecule has 2 aromatic rings. The Hall–Kier alpha value is -2.77. The fourth-order valence-corrected chi connectivity index (χ4v) is 5.03. The second-order valence-electron chi connectivity index (χ2n) is 7.99. The number of pyridine rings is 1. The lowest BCUT2D eigenvalue weighted by molar-refractivity contribution is -0.147. The van der Waals surface area contributed by atoms with Crippen molar-refractivity contribution in [3.8, 4) is 0 Å². The van der Waals surface area contributed by atoms with E-state index in [0.717, 1.165) is 50.0 Å². The fourth-order valence-electron chi connectivity index (χ4n) is 5.03. The molecule has 146 valence electrons. The lowest BCUT2D eigenvalue weighted by Crippen LogP contribution is -2.43. The Labute approximate surface area is 162 Å². The molecule has 2 aromatic heterocycles. The van der Waals surface area contributed by atoms with Crippen LogP contribution in [0.1, 0.15) is 50.4 Å². The van der Waals surface area contributed by atoms with Crippen molar-refractivity contribution in [2.75, 3.05) is 13.1 Å². The molecule has 3 amide bonds. The predicted octanol–water partition coefficient (Wildman–Crippen LogP) is 1.57. The van der Waals surface area contributed by atoms with Crippen molar-refractivity contribution in [3.05, 3.63) is 30.2 Å². The van der Waals surface area contributed by atoms with Crippen LogP contribution in [0.15, 0.2) is 24.4 Å². The highest BCUT2D eigenvalue weighted by Gasteiger charge is 2.49. The van der Waals surface area contributed by atoms with Gasteiger partial charge in [-0.25, -0.2) is 0 Å². The molecule has 3 unspecified atom stereocenters. The first-order valence-electron chi connectivity index (χ1n) is 10.1. The van der Waals surface area contributed by atoms with Crippen LogP contribution in [-0.2, 0) is 14.4 Å². The van der Waals surface area contributed by atoms with Crippen LogP contribution >= 0.6 is 0 Å². The summed E-state index contributed by atoms with van der Waals surface area (Å²) in [5.74, 6) is -0.212. The molecule has 1 aliphatic carbocycles. The summed E-state index contributed by atoms with van der Waals surface area (Å²) < 4.78 is 1.90. The van der Waals surface area contributed by atoms with Gasteiger partial charge in [0.05, 0.1) is 17.9 Å². The van der Waals surface area contributed by atoms with E-state index in [0.29, 0.717) is 6.54 Å². The number of aromatic nitrogens is 3. The van der Waals surface area contributed by atoms with E-state index in [9.17, 15) is 14.4 Å². The second kappa shape index (κ2) is 6.68. The Morgan fingerprint density at radius 2 is 1.75 bits per heavy atom. The van der Waals surface area contributed by atoms with Crippen molar-refractivity contribution < 1.29 is 14.4 Å². The van der Waals surface area contributed by atoms with Crippen molar-refractivity contribution in [1.82, 2.24) is 24.4 Å². The molecular formula is C20H23N5O3. The topological polar surface area (TPSA) is 87.9 Å². The maximum atomic E-state index is 13.1. The standard InChI is InChI=1S/C20H23N5O3/c26-17(12-25-19(27)13-6-1-2-7-14(13)20(25)28)23-11-5-8-15(23)18-22-21-16-9-3-4-10-24(16)18/h3-4,9-10,13-15H,1-2,5-8,11-12H2. The SMILES string of the molecule is O=C1C2CCCCC2C(=O)N1CC(=O)N1CCCC1c1nnc2ccccn12. The number of rotatable bonds is 3. The van der Waals surface area contributed by atoms with Crippen LogP contribution < -0.4 is 0 Å². The molecule has 2 aliphatic heterocycles. The van der Waals surface area contributed by atoms with E-state index in [4.69, 9.17) is 0 Å². The first kappa shape index (κ1) is 17.3. The van der Waals surface area contributed by atoms with Gasteiger partial charge in [0.25, 0.3) is 0 Å². The summed E-state index contributed by atoms with van der Waals surface area (Å²) in [7, 11) is 0. The zero-order valence-corrected chi connectivity index (χ0v) is 15.7. The minimum absolute atomic E-state index is 0.155. The smallest absolute Gasteiger partial charge is 0.243 e. The minimum Gasteiger partial charge on any atom is -0.331 e. The highest BCUT2D eigenvalue weighted by Crippen LogP contribution is 2.38. The van der Waals surface area contributed by atoms with E-state index >= 15 is 0 Å². The molecule has 5 rings (SSSR count). The zero-order valence-electron chi connectivity index (χ0n) is 15.7. The molecule has 0 radical (unpaired) electrons. The largest absolute Gasteiger partial charge is 0.331 e. The monoisotopic (exact) mass is 381 g/mol. The first-order valence-corrected chi connectivity index (χ1v) is 10.1. The van der Waals surface area contributed by atoms with Crippen LogP contribution in [0.4, 0.5) is 0 Å². The Bertz CT molecular complexity index is 930. The van der Waals surface area contributed by atoms with Gasteiger partial charge in [-0.15, -0.1) is 10.2 Å². The van der Waals surface area contributed by atoms with Crippen LogP contribution in [0.2, 0.25) is 0 Å². The number of carbonyl (C=O) groups excluding carboxylic acids is 3. The third kappa shape index (κ3) is 2.62. The van der Waals surface area contributed by atoms with Gasteiger partial charge in [-0.3, -0.25) is 23.7 Å².